The van der Waals surface area contributed by atoms with Crippen LogP contribution in [0, 0.1) is 20.8 Å². The zero-order valence-electron chi connectivity index (χ0n) is 16.7. The lowest BCUT2D eigenvalue weighted by Gasteiger charge is -2.17. The first-order valence-corrected chi connectivity index (χ1v) is 9.55. The second-order valence-electron chi connectivity index (χ2n) is 7.34. The summed E-state index contributed by atoms with van der Waals surface area (Å²) >= 11 is 0. The molecule has 0 radical (unpaired) electrons. The van der Waals surface area contributed by atoms with E-state index in [0.29, 0.717) is 17.0 Å². The van der Waals surface area contributed by atoms with Crippen LogP contribution >= 0.6 is 0 Å². The van der Waals surface area contributed by atoms with Crippen LogP contribution in [0.4, 0.5) is 11.4 Å². The molecule has 0 saturated carbocycles. The summed E-state index contributed by atoms with van der Waals surface area (Å²) in [6.45, 7) is 5.88. The number of hydrogen-bond acceptors (Lipinski definition) is 3. The van der Waals surface area contributed by atoms with Gasteiger partial charge in [-0.15, -0.1) is 0 Å². The van der Waals surface area contributed by atoms with Crippen LogP contribution in [-0.2, 0) is 9.59 Å². The van der Waals surface area contributed by atoms with Crippen LogP contribution in [0.2, 0.25) is 0 Å². The van der Waals surface area contributed by atoms with Crippen LogP contribution in [0.5, 0.6) is 0 Å². The molecule has 0 saturated heterocycles. The molecule has 4 nitrogen and oxygen atoms in total. The molecule has 3 aromatic rings. The molecule has 1 N–H and O–H groups in total. The Morgan fingerprint density at radius 2 is 1.45 bits per heavy atom. The van der Waals surface area contributed by atoms with E-state index < -0.39 is 0 Å². The van der Waals surface area contributed by atoms with Gasteiger partial charge in [0, 0.05) is 5.69 Å². The van der Waals surface area contributed by atoms with Gasteiger partial charge in [-0.3, -0.25) is 9.59 Å². The zero-order valence-corrected chi connectivity index (χ0v) is 16.7. The maximum Gasteiger partial charge on any atom is 0.282 e. The molecule has 144 valence electrons. The van der Waals surface area contributed by atoms with Crippen molar-refractivity contribution in [1.29, 1.82) is 0 Å². The van der Waals surface area contributed by atoms with Crippen LogP contribution in [0.1, 0.15) is 22.3 Å². The Balaban J connectivity index is 1.85. The predicted molar refractivity (Wildman–Crippen MR) is 117 cm³/mol. The van der Waals surface area contributed by atoms with Gasteiger partial charge < -0.3 is 5.32 Å². The van der Waals surface area contributed by atoms with E-state index in [1.807, 2.05) is 87.5 Å². The summed E-state index contributed by atoms with van der Waals surface area (Å²) in [5.41, 5.74) is 5.82. The number of carbonyl (C=O) groups is 2. The average molecular weight is 382 g/mol. The molecule has 1 heterocycles. The van der Waals surface area contributed by atoms with Crippen molar-refractivity contribution in [3.05, 3.63) is 101 Å². The van der Waals surface area contributed by atoms with E-state index in [1.165, 1.54) is 4.90 Å². The van der Waals surface area contributed by atoms with Gasteiger partial charge >= 0.3 is 0 Å². The van der Waals surface area contributed by atoms with Gasteiger partial charge in [0.25, 0.3) is 11.8 Å². The molecule has 0 spiro atoms. The van der Waals surface area contributed by atoms with E-state index in [9.17, 15) is 9.59 Å². The molecule has 0 bridgehead atoms. The number of nitrogens with zero attached hydrogens (tertiary/aromatic N) is 1. The summed E-state index contributed by atoms with van der Waals surface area (Å²) in [5.74, 6) is -0.662. The number of para-hydroxylation sites is 1. The molecule has 1 aliphatic heterocycles. The van der Waals surface area contributed by atoms with Crippen LogP contribution in [0.25, 0.3) is 5.57 Å². The van der Waals surface area contributed by atoms with Crippen molar-refractivity contribution in [1.82, 2.24) is 0 Å². The molecular weight excluding hydrogens is 360 g/mol. The third-order valence-electron chi connectivity index (χ3n) is 5.07. The highest BCUT2D eigenvalue weighted by Crippen LogP contribution is 2.35. The van der Waals surface area contributed by atoms with Gasteiger partial charge in [-0.25, -0.2) is 4.90 Å². The first kappa shape index (κ1) is 18.7. The Kier molecular flexibility index (Phi) is 4.77. The Hall–Kier alpha value is -3.66. The Morgan fingerprint density at radius 3 is 2.14 bits per heavy atom. The molecule has 0 atom stereocenters. The summed E-state index contributed by atoms with van der Waals surface area (Å²) in [6.07, 6.45) is 0. The van der Waals surface area contributed by atoms with Crippen molar-refractivity contribution >= 4 is 28.8 Å². The van der Waals surface area contributed by atoms with E-state index in [0.717, 1.165) is 27.9 Å². The number of imide groups is 1. The van der Waals surface area contributed by atoms with Crippen molar-refractivity contribution in [3.63, 3.8) is 0 Å². The Morgan fingerprint density at radius 1 is 0.724 bits per heavy atom. The molecule has 4 rings (SSSR count). The molecule has 0 aromatic heterocycles. The number of carbonyl (C=O) groups excluding carboxylic acids is 2. The number of aryl methyl sites for hydroxylation is 3. The van der Waals surface area contributed by atoms with Crippen LogP contribution in [0.3, 0.4) is 0 Å². The van der Waals surface area contributed by atoms with Crippen molar-refractivity contribution in [2.75, 3.05) is 10.2 Å². The summed E-state index contributed by atoms with van der Waals surface area (Å²) in [7, 11) is 0. The summed E-state index contributed by atoms with van der Waals surface area (Å²) < 4.78 is 0. The lowest BCUT2D eigenvalue weighted by atomic mass is 10.0. The van der Waals surface area contributed by atoms with Crippen molar-refractivity contribution in [2.45, 2.75) is 20.8 Å². The summed E-state index contributed by atoms with van der Waals surface area (Å²) in [4.78, 5) is 28.1. The Labute approximate surface area is 170 Å². The first-order chi connectivity index (χ1) is 14.0. The van der Waals surface area contributed by atoms with Gasteiger partial charge in [-0.1, -0.05) is 60.2 Å². The minimum atomic E-state index is -0.346. The molecular formula is C25H22N2O2. The van der Waals surface area contributed by atoms with Gasteiger partial charge in [-0.2, -0.15) is 0 Å². The fourth-order valence-electron chi connectivity index (χ4n) is 3.53. The maximum absolute atomic E-state index is 13.4. The van der Waals surface area contributed by atoms with E-state index in [1.54, 1.807) is 6.07 Å². The molecule has 29 heavy (non-hydrogen) atoms. The number of amides is 2. The number of anilines is 2. The molecule has 0 fully saturated rings. The number of nitrogens with one attached hydrogen (secondary N) is 1. The Bertz CT molecular complexity index is 1140. The molecule has 1 aliphatic rings. The highest BCUT2D eigenvalue weighted by Gasteiger charge is 2.40. The van der Waals surface area contributed by atoms with Gasteiger partial charge in [0.05, 0.1) is 11.3 Å². The molecule has 3 aromatic carbocycles. The van der Waals surface area contributed by atoms with Gasteiger partial charge in [0.15, 0.2) is 0 Å². The van der Waals surface area contributed by atoms with Gasteiger partial charge in [0.2, 0.25) is 0 Å². The standard InChI is InChI=1S/C25H22N2O2/c1-16-11-13-19(14-12-16)22-23(26-20-9-6-7-17(2)15-20)25(29)27(24(22)28)21-10-5-4-8-18(21)3/h4-15,26H,1-3H3. The van der Waals surface area contributed by atoms with E-state index >= 15 is 0 Å². The predicted octanol–water partition coefficient (Wildman–Crippen LogP) is 5.01. The monoisotopic (exact) mass is 382 g/mol. The zero-order chi connectivity index (χ0) is 20.5. The second kappa shape index (κ2) is 7.40. The van der Waals surface area contributed by atoms with Crippen LogP contribution < -0.4 is 10.2 Å². The quantitative estimate of drug-likeness (QED) is 0.646. The van der Waals surface area contributed by atoms with E-state index in [4.69, 9.17) is 0 Å². The van der Waals surface area contributed by atoms with E-state index in [-0.39, 0.29) is 11.8 Å². The minimum Gasteiger partial charge on any atom is -0.350 e. The van der Waals surface area contributed by atoms with Crippen LogP contribution in [-0.4, -0.2) is 11.8 Å². The van der Waals surface area contributed by atoms with Crippen molar-refractivity contribution in [3.8, 4) is 0 Å². The largest absolute Gasteiger partial charge is 0.350 e. The summed E-state index contributed by atoms with van der Waals surface area (Å²) in [6, 6.07) is 22.8. The highest BCUT2D eigenvalue weighted by atomic mass is 16.2. The first-order valence-electron chi connectivity index (χ1n) is 9.55. The van der Waals surface area contributed by atoms with Gasteiger partial charge in [0.1, 0.15) is 5.70 Å². The number of benzene rings is 3. The highest BCUT2D eigenvalue weighted by molar-refractivity contribution is 6.46. The van der Waals surface area contributed by atoms with E-state index in [2.05, 4.69) is 5.32 Å². The molecule has 4 heteroatoms. The molecule has 0 unspecified atom stereocenters. The maximum atomic E-state index is 13.4. The fourth-order valence-corrected chi connectivity index (χ4v) is 3.53. The molecule has 2 amide bonds. The average Bonchev–Trinajstić information content (AvgIpc) is 2.93. The molecule has 0 aliphatic carbocycles. The topological polar surface area (TPSA) is 49.4 Å². The SMILES string of the molecule is Cc1ccc(C2=C(Nc3cccc(C)c3)C(=O)N(c3ccccc3C)C2=O)cc1. The van der Waals surface area contributed by atoms with Crippen molar-refractivity contribution < 1.29 is 9.59 Å². The second-order valence-corrected chi connectivity index (χ2v) is 7.34. The summed E-state index contributed by atoms with van der Waals surface area (Å²) in [5, 5.41) is 3.21. The number of hydrogen-bond donors (Lipinski definition) is 1. The third-order valence-corrected chi connectivity index (χ3v) is 5.07. The number of rotatable bonds is 4. The van der Waals surface area contributed by atoms with Crippen molar-refractivity contribution in [2.24, 2.45) is 0 Å². The smallest absolute Gasteiger partial charge is 0.282 e. The normalized spacial score (nSPS) is 14.0. The fraction of sp³-hybridized carbons (Fsp3) is 0.120. The van der Waals surface area contributed by atoms with Crippen LogP contribution in [0.15, 0.2) is 78.5 Å². The lowest BCUT2D eigenvalue weighted by molar-refractivity contribution is -0.120. The third kappa shape index (κ3) is 3.45. The minimum absolute atomic E-state index is 0.299. The lowest BCUT2D eigenvalue weighted by Crippen LogP contribution is -2.33. The van der Waals surface area contributed by atoms with Gasteiger partial charge in [-0.05, 0) is 55.7 Å².